The van der Waals surface area contributed by atoms with Crippen molar-refractivity contribution in [3.05, 3.63) is 33.2 Å². The van der Waals surface area contributed by atoms with E-state index in [2.05, 4.69) is 10.3 Å². The van der Waals surface area contributed by atoms with Crippen molar-refractivity contribution in [1.82, 2.24) is 10.3 Å². The summed E-state index contributed by atoms with van der Waals surface area (Å²) in [6.45, 7) is 3.98. The number of pyridine rings is 1. The maximum absolute atomic E-state index is 12.0. The first kappa shape index (κ1) is 12.8. The topological polar surface area (TPSA) is 88.0 Å². The third-order valence-corrected chi connectivity index (χ3v) is 3.32. The summed E-state index contributed by atoms with van der Waals surface area (Å²) in [5.41, 5.74) is 7.19. The number of carbonyl (C=O) groups is 1. The van der Waals surface area contributed by atoms with Crippen molar-refractivity contribution in [2.45, 2.75) is 32.7 Å². The lowest BCUT2D eigenvalue weighted by Gasteiger charge is -2.12. The molecule has 2 rings (SSSR count). The number of aromatic amines is 1. The molecule has 5 heteroatoms. The molecule has 1 aliphatic rings. The number of nitrogens with one attached hydrogen (secondary N) is 2. The normalized spacial score (nSPS) is 16.4. The van der Waals surface area contributed by atoms with E-state index >= 15 is 0 Å². The second-order valence-electron chi connectivity index (χ2n) is 5.05. The summed E-state index contributed by atoms with van der Waals surface area (Å²) in [5.74, 6) is 0.188. The van der Waals surface area contributed by atoms with Crippen molar-refractivity contribution >= 4 is 5.91 Å². The molecule has 18 heavy (non-hydrogen) atoms. The number of aryl methyl sites for hydroxylation is 2. The van der Waals surface area contributed by atoms with E-state index in [4.69, 9.17) is 5.73 Å². The molecule has 98 valence electrons. The Morgan fingerprint density at radius 1 is 1.56 bits per heavy atom. The molecule has 0 aromatic carbocycles. The largest absolute Gasteiger partial charge is 0.350 e. The molecule has 1 aromatic heterocycles. The molecule has 0 spiro atoms. The minimum absolute atomic E-state index is 0.00112. The van der Waals surface area contributed by atoms with E-state index in [1.54, 1.807) is 19.9 Å². The van der Waals surface area contributed by atoms with Crippen molar-refractivity contribution < 1.29 is 4.79 Å². The lowest BCUT2D eigenvalue weighted by Crippen LogP contribution is -2.40. The monoisotopic (exact) mass is 249 g/mol. The molecule has 1 unspecified atom stereocenters. The van der Waals surface area contributed by atoms with Crippen molar-refractivity contribution in [2.24, 2.45) is 11.7 Å². The number of aromatic nitrogens is 1. The molecule has 0 radical (unpaired) electrons. The highest BCUT2D eigenvalue weighted by atomic mass is 16.2. The smallest absolute Gasteiger partial charge is 0.261 e. The number of amides is 1. The van der Waals surface area contributed by atoms with Gasteiger partial charge in [0.25, 0.3) is 11.5 Å². The summed E-state index contributed by atoms with van der Waals surface area (Å²) >= 11 is 0. The van der Waals surface area contributed by atoms with Gasteiger partial charge >= 0.3 is 0 Å². The van der Waals surface area contributed by atoms with E-state index in [1.165, 1.54) is 0 Å². The molecule has 1 aliphatic carbocycles. The van der Waals surface area contributed by atoms with Gasteiger partial charge in [-0.05, 0) is 44.2 Å². The lowest BCUT2D eigenvalue weighted by atomic mass is 10.1. The van der Waals surface area contributed by atoms with Gasteiger partial charge in [-0.3, -0.25) is 9.59 Å². The van der Waals surface area contributed by atoms with Gasteiger partial charge in [0.05, 0.1) is 0 Å². The maximum atomic E-state index is 12.0. The van der Waals surface area contributed by atoms with Gasteiger partial charge in [0.15, 0.2) is 0 Å². The zero-order chi connectivity index (χ0) is 13.3. The molecule has 0 saturated heterocycles. The molecule has 1 saturated carbocycles. The molecule has 0 bridgehead atoms. The second-order valence-corrected chi connectivity index (χ2v) is 5.05. The van der Waals surface area contributed by atoms with Crippen molar-refractivity contribution in [3.63, 3.8) is 0 Å². The Morgan fingerprint density at radius 3 is 2.78 bits per heavy atom. The van der Waals surface area contributed by atoms with Gasteiger partial charge in [0.1, 0.15) is 5.56 Å². The molecule has 4 N–H and O–H groups in total. The van der Waals surface area contributed by atoms with E-state index in [0.29, 0.717) is 18.0 Å². The Labute approximate surface area is 106 Å². The van der Waals surface area contributed by atoms with Crippen molar-refractivity contribution in [3.8, 4) is 0 Å². The van der Waals surface area contributed by atoms with Crippen LogP contribution in [0.2, 0.25) is 0 Å². The highest BCUT2D eigenvalue weighted by Gasteiger charge is 2.28. The van der Waals surface area contributed by atoms with E-state index in [9.17, 15) is 9.59 Å². The summed E-state index contributed by atoms with van der Waals surface area (Å²) < 4.78 is 0. The van der Waals surface area contributed by atoms with Crippen LogP contribution in [0.5, 0.6) is 0 Å². The minimum atomic E-state index is -0.343. The summed E-state index contributed by atoms with van der Waals surface area (Å²) in [4.78, 5) is 26.3. The van der Waals surface area contributed by atoms with Crippen LogP contribution in [0.15, 0.2) is 10.9 Å². The first-order chi connectivity index (χ1) is 8.49. The predicted molar refractivity (Wildman–Crippen MR) is 69.6 cm³/mol. The molecular weight excluding hydrogens is 230 g/mol. The molecule has 5 nitrogen and oxygen atoms in total. The van der Waals surface area contributed by atoms with Gasteiger partial charge in [-0.2, -0.15) is 0 Å². The fraction of sp³-hybridized carbons (Fsp3) is 0.538. The Morgan fingerprint density at radius 2 is 2.22 bits per heavy atom. The summed E-state index contributed by atoms with van der Waals surface area (Å²) in [5, 5.41) is 2.74. The summed E-state index contributed by atoms with van der Waals surface area (Å²) in [7, 11) is 0. The number of nitrogens with two attached hydrogens (primary N) is 1. The molecule has 1 fully saturated rings. The Kier molecular flexibility index (Phi) is 3.52. The molecule has 1 heterocycles. The van der Waals surface area contributed by atoms with Crippen LogP contribution in [-0.4, -0.2) is 23.5 Å². The van der Waals surface area contributed by atoms with Gasteiger partial charge < -0.3 is 16.0 Å². The summed E-state index contributed by atoms with van der Waals surface area (Å²) in [6.07, 6.45) is 2.28. The summed E-state index contributed by atoms with van der Waals surface area (Å²) in [6, 6.07) is 1.79. The van der Waals surface area contributed by atoms with E-state index in [0.717, 1.165) is 18.5 Å². The van der Waals surface area contributed by atoms with E-state index in [1.807, 2.05) is 0 Å². The van der Waals surface area contributed by atoms with Crippen LogP contribution in [0.4, 0.5) is 0 Å². The Bertz CT molecular complexity index is 517. The second kappa shape index (κ2) is 4.94. The van der Waals surface area contributed by atoms with Crippen LogP contribution in [0, 0.1) is 19.8 Å². The number of rotatable bonds is 4. The first-order valence-electron chi connectivity index (χ1n) is 6.23. The van der Waals surface area contributed by atoms with Gasteiger partial charge in [0.2, 0.25) is 0 Å². The maximum Gasteiger partial charge on any atom is 0.261 e. The average Bonchev–Trinajstić information content (AvgIpc) is 3.07. The van der Waals surface area contributed by atoms with Crippen molar-refractivity contribution in [2.75, 3.05) is 6.54 Å². The van der Waals surface area contributed by atoms with Crippen LogP contribution in [0.3, 0.4) is 0 Å². The Balaban J connectivity index is 2.06. The van der Waals surface area contributed by atoms with Crippen molar-refractivity contribution in [1.29, 1.82) is 0 Å². The number of H-pyrrole nitrogens is 1. The molecule has 1 atom stereocenters. The van der Waals surface area contributed by atoms with Gasteiger partial charge in [-0.15, -0.1) is 0 Å². The number of carbonyl (C=O) groups excluding carboxylic acids is 1. The Hall–Kier alpha value is -1.62. The molecular formula is C13H19N3O2. The SMILES string of the molecule is Cc1cc(C)c(C(=O)NCC(N)C2CC2)c(=O)[nH]1. The van der Waals surface area contributed by atoms with E-state index in [-0.39, 0.29) is 23.1 Å². The highest BCUT2D eigenvalue weighted by molar-refractivity contribution is 5.95. The van der Waals surface area contributed by atoms with Gasteiger partial charge in [-0.25, -0.2) is 0 Å². The van der Waals surface area contributed by atoms with Crippen LogP contribution >= 0.6 is 0 Å². The number of hydrogen-bond donors (Lipinski definition) is 3. The van der Waals surface area contributed by atoms with Gasteiger partial charge in [0, 0.05) is 18.3 Å². The molecule has 1 amide bonds. The van der Waals surface area contributed by atoms with Gasteiger partial charge in [-0.1, -0.05) is 0 Å². The van der Waals surface area contributed by atoms with E-state index < -0.39 is 0 Å². The third kappa shape index (κ3) is 2.79. The first-order valence-corrected chi connectivity index (χ1v) is 6.23. The average molecular weight is 249 g/mol. The predicted octanol–water partition coefficient (Wildman–Crippen LogP) is 0.459. The van der Waals surface area contributed by atoms with Crippen LogP contribution in [-0.2, 0) is 0 Å². The highest BCUT2D eigenvalue weighted by Crippen LogP contribution is 2.31. The van der Waals surface area contributed by atoms with Crippen LogP contribution in [0.1, 0.15) is 34.5 Å². The quantitative estimate of drug-likeness (QED) is 0.724. The fourth-order valence-electron chi connectivity index (χ4n) is 2.13. The lowest BCUT2D eigenvalue weighted by molar-refractivity contribution is 0.0948. The van der Waals surface area contributed by atoms with Crippen LogP contribution < -0.4 is 16.6 Å². The number of hydrogen-bond acceptors (Lipinski definition) is 3. The zero-order valence-corrected chi connectivity index (χ0v) is 10.7. The molecule has 1 aromatic rings. The fourth-order valence-corrected chi connectivity index (χ4v) is 2.13. The third-order valence-electron chi connectivity index (χ3n) is 3.32. The zero-order valence-electron chi connectivity index (χ0n) is 10.7. The standard InChI is InChI=1S/C13H19N3O2/c1-7-5-8(2)16-13(18)11(7)12(17)15-6-10(14)9-3-4-9/h5,9-10H,3-4,6,14H2,1-2H3,(H,15,17)(H,16,18). The molecule has 0 aliphatic heterocycles. The minimum Gasteiger partial charge on any atom is -0.350 e. The van der Waals surface area contributed by atoms with Crippen LogP contribution in [0.25, 0.3) is 0 Å².